The third-order valence-corrected chi connectivity index (χ3v) is 3.89. The number of hydrogen-bond acceptors (Lipinski definition) is 5. The van der Waals surface area contributed by atoms with Crippen molar-refractivity contribution in [1.82, 2.24) is 19.5 Å². The molecule has 0 spiro atoms. The van der Waals surface area contributed by atoms with Gasteiger partial charge in [0.15, 0.2) is 22.9 Å². The molecular formula is C18H12N4O2. The fourth-order valence-electron chi connectivity index (χ4n) is 2.80. The minimum absolute atomic E-state index is 0.507. The zero-order valence-electron chi connectivity index (χ0n) is 12.6. The van der Waals surface area contributed by atoms with Crippen molar-refractivity contribution in [1.29, 1.82) is 0 Å². The smallest absolute Gasteiger partial charge is 0.198 e. The molecule has 0 aliphatic heterocycles. The highest BCUT2D eigenvalue weighted by atomic mass is 16.3. The molecule has 116 valence electrons. The van der Waals surface area contributed by atoms with Crippen molar-refractivity contribution >= 4 is 22.3 Å². The second kappa shape index (κ2) is 5.06. The van der Waals surface area contributed by atoms with Crippen molar-refractivity contribution in [3.63, 3.8) is 0 Å². The van der Waals surface area contributed by atoms with Gasteiger partial charge in [-0.3, -0.25) is 4.57 Å². The van der Waals surface area contributed by atoms with E-state index in [-0.39, 0.29) is 0 Å². The number of nitrogens with zero attached hydrogens (tertiary/aromatic N) is 4. The molecule has 0 N–H and O–H groups in total. The molecule has 0 saturated carbocycles. The van der Waals surface area contributed by atoms with Gasteiger partial charge in [-0.15, -0.1) is 0 Å². The molecule has 24 heavy (non-hydrogen) atoms. The summed E-state index contributed by atoms with van der Waals surface area (Å²) in [6, 6.07) is 15.3. The molecule has 0 bridgehead atoms. The Labute approximate surface area is 136 Å². The summed E-state index contributed by atoms with van der Waals surface area (Å²) in [6.07, 6.45) is 3.28. The largest absolute Gasteiger partial charge is 0.467 e. The van der Waals surface area contributed by atoms with Crippen molar-refractivity contribution < 1.29 is 8.83 Å². The number of para-hydroxylation sites is 2. The zero-order valence-corrected chi connectivity index (χ0v) is 12.6. The fraction of sp³-hybridized carbons (Fsp3) is 0.0556. The lowest BCUT2D eigenvalue weighted by atomic mass is 10.3. The number of hydrogen-bond donors (Lipinski definition) is 0. The molecule has 5 aromatic rings. The van der Waals surface area contributed by atoms with Gasteiger partial charge >= 0.3 is 0 Å². The summed E-state index contributed by atoms with van der Waals surface area (Å²) in [5.74, 6) is 2.17. The van der Waals surface area contributed by atoms with Gasteiger partial charge in [0.05, 0.1) is 30.1 Å². The predicted octanol–water partition coefficient (Wildman–Crippen LogP) is 3.88. The summed E-state index contributed by atoms with van der Waals surface area (Å²) in [4.78, 5) is 14.0. The molecule has 0 aliphatic rings. The molecule has 0 unspecified atom stereocenters. The highest BCUT2D eigenvalue weighted by Crippen LogP contribution is 2.26. The Bertz CT molecular complexity index is 1120. The molecule has 0 fully saturated rings. The molecule has 0 radical (unpaired) electrons. The molecule has 0 atom stereocenters. The topological polar surface area (TPSA) is 69.9 Å². The maximum absolute atomic E-state index is 5.54. The van der Waals surface area contributed by atoms with Gasteiger partial charge in [0.25, 0.3) is 0 Å². The molecular weight excluding hydrogens is 304 g/mol. The van der Waals surface area contributed by atoms with Crippen LogP contribution in [0.25, 0.3) is 33.9 Å². The minimum atomic E-state index is 0.507. The Morgan fingerprint density at radius 3 is 2.33 bits per heavy atom. The second-order valence-corrected chi connectivity index (χ2v) is 5.44. The van der Waals surface area contributed by atoms with Crippen LogP contribution in [0.4, 0.5) is 0 Å². The Kier molecular flexibility index (Phi) is 2.75. The van der Waals surface area contributed by atoms with E-state index in [0.717, 1.165) is 16.8 Å². The maximum Gasteiger partial charge on any atom is 0.198 e. The van der Waals surface area contributed by atoms with E-state index in [1.165, 1.54) is 0 Å². The van der Waals surface area contributed by atoms with Crippen LogP contribution in [0.3, 0.4) is 0 Å². The van der Waals surface area contributed by atoms with Gasteiger partial charge in [-0.05, 0) is 36.4 Å². The fourth-order valence-corrected chi connectivity index (χ4v) is 2.80. The number of imidazole rings is 1. The van der Waals surface area contributed by atoms with E-state index in [9.17, 15) is 0 Å². The molecule has 6 nitrogen and oxygen atoms in total. The lowest BCUT2D eigenvalue weighted by molar-refractivity contribution is 0.494. The first-order valence-corrected chi connectivity index (χ1v) is 7.58. The van der Waals surface area contributed by atoms with Gasteiger partial charge in [0.1, 0.15) is 5.76 Å². The van der Waals surface area contributed by atoms with Gasteiger partial charge in [0.2, 0.25) is 0 Å². The Balaban J connectivity index is 1.80. The van der Waals surface area contributed by atoms with Crippen LogP contribution in [-0.2, 0) is 6.54 Å². The van der Waals surface area contributed by atoms with Gasteiger partial charge in [-0.1, -0.05) is 12.1 Å². The molecule has 6 heteroatoms. The summed E-state index contributed by atoms with van der Waals surface area (Å²) in [5, 5.41) is 0. The van der Waals surface area contributed by atoms with Crippen LogP contribution < -0.4 is 0 Å². The van der Waals surface area contributed by atoms with Crippen molar-refractivity contribution in [2.75, 3.05) is 0 Å². The molecule has 4 heterocycles. The van der Waals surface area contributed by atoms with E-state index < -0.39 is 0 Å². The first kappa shape index (κ1) is 13.1. The van der Waals surface area contributed by atoms with E-state index in [0.29, 0.717) is 29.4 Å². The Morgan fingerprint density at radius 2 is 1.58 bits per heavy atom. The van der Waals surface area contributed by atoms with E-state index in [2.05, 4.69) is 9.97 Å². The van der Waals surface area contributed by atoms with Crippen molar-refractivity contribution in [3.8, 4) is 11.6 Å². The van der Waals surface area contributed by atoms with Crippen molar-refractivity contribution in [3.05, 3.63) is 66.8 Å². The van der Waals surface area contributed by atoms with Gasteiger partial charge in [0, 0.05) is 0 Å². The highest BCUT2D eigenvalue weighted by molar-refractivity contribution is 5.84. The predicted molar refractivity (Wildman–Crippen MR) is 88.3 cm³/mol. The third-order valence-electron chi connectivity index (χ3n) is 3.89. The number of fused-ring (bicyclic) bond motifs is 2. The number of aromatic nitrogens is 4. The maximum atomic E-state index is 5.54. The second-order valence-electron chi connectivity index (χ2n) is 5.44. The van der Waals surface area contributed by atoms with E-state index in [1.54, 1.807) is 12.5 Å². The van der Waals surface area contributed by atoms with Crippen LogP contribution >= 0.6 is 0 Å². The molecule has 0 amide bonds. The Hall–Kier alpha value is -3.41. The van der Waals surface area contributed by atoms with Crippen LogP contribution in [0.15, 0.2) is 69.9 Å². The summed E-state index contributed by atoms with van der Waals surface area (Å²) in [7, 11) is 0. The van der Waals surface area contributed by atoms with Crippen molar-refractivity contribution in [2.45, 2.75) is 6.54 Å². The number of benzene rings is 1. The normalized spacial score (nSPS) is 11.5. The monoisotopic (exact) mass is 316 g/mol. The standard InChI is InChI=1S/C18H12N4O2/c1-2-7-14-13(6-1)19-16-18(20-14)22(11-12-5-3-9-23-12)17(21-16)15-8-4-10-24-15/h1-10H,11H2. The quantitative estimate of drug-likeness (QED) is 0.505. The molecule has 4 aromatic heterocycles. The Morgan fingerprint density at radius 1 is 0.792 bits per heavy atom. The van der Waals surface area contributed by atoms with Gasteiger partial charge < -0.3 is 8.83 Å². The van der Waals surface area contributed by atoms with E-state index in [4.69, 9.17) is 13.8 Å². The summed E-state index contributed by atoms with van der Waals surface area (Å²) in [6.45, 7) is 0.507. The summed E-state index contributed by atoms with van der Waals surface area (Å²) >= 11 is 0. The van der Waals surface area contributed by atoms with Gasteiger partial charge in [-0.2, -0.15) is 0 Å². The molecule has 0 saturated heterocycles. The molecule has 1 aromatic carbocycles. The average molecular weight is 316 g/mol. The van der Waals surface area contributed by atoms with Gasteiger partial charge in [-0.25, -0.2) is 15.0 Å². The SMILES string of the molecule is c1coc(Cn2c(-c3ccco3)nc3nc4ccccc4nc32)c1. The third kappa shape index (κ3) is 2.00. The lowest BCUT2D eigenvalue weighted by Crippen LogP contribution is -2.02. The number of rotatable bonds is 3. The zero-order chi connectivity index (χ0) is 15.9. The van der Waals surface area contributed by atoms with Crippen LogP contribution in [0.2, 0.25) is 0 Å². The highest BCUT2D eigenvalue weighted by Gasteiger charge is 2.18. The first-order chi connectivity index (χ1) is 11.9. The van der Waals surface area contributed by atoms with E-state index >= 15 is 0 Å². The first-order valence-electron chi connectivity index (χ1n) is 7.58. The lowest BCUT2D eigenvalue weighted by Gasteiger charge is -2.05. The summed E-state index contributed by atoms with van der Waals surface area (Å²) < 4.78 is 13.0. The number of furan rings is 2. The van der Waals surface area contributed by atoms with Crippen molar-refractivity contribution in [2.24, 2.45) is 0 Å². The van der Waals surface area contributed by atoms with E-state index in [1.807, 2.05) is 53.1 Å². The summed E-state index contributed by atoms with van der Waals surface area (Å²) in [5.41, 5.74) is 2.94. The van der Waals surface area contributed by atoms with Crippen LogP contribution in [0, 0.1) is 0 Å². The van der Waals surface area contributed by atoms with Crippen LogP contribution in [-0.4, -0.2) is 19.5 Å². The minimum Gasteiger partial charge on any atom is -0.467 e. The molecule has 5 rings (SSSR count). The van der Waals surface area contributed by atoms with Crippen LogP contribution in [0.5, 0.6) is 0 Å². The average Bonchev–Trinajstić information content (AvgIpc) is 3.35. The molecule has 0 aliphatic carbocycles. The van der Waals surface area contributed by atoms with Crippen LogP contribution in [0.1, 0.15) is 5.76 Å².